The number of rotatable bonds is 13. The van der Waals surface area contributed by atoms with Gasteiger partial charge in [0.1, 0.15) is 17.3 Å². The highest BCUT2D eigenvalue weighted by Crippen LogP contribution is 2.47. The van der Waals surface area contributed by atoms with Gasteiger partial charge in [-0.1, -0.05) is 42.5 Å². The van der Waals surface area contributed by atoms with Crippen molar-refractivity contribution in [3.05, 3.63) is 78.7 Å². The van der Waals surface area contributed by atoms with E-state index in [1.54, 1.807) is 23.5 Å². The summed E-state index contributed by atoms with van der Waals surface area (Å²) in [6, 6.07) is 8.19. The van der Waals surface area contributed by atoms with Crippen molar-refractivity contribution in [1.29, 1.82) is 0 Å². The van der Waals surface area contributed by atoms with Crippen LogP contribution in [-0.4, -0.2) is 45.2 Å². The fourth-order valence-corrected chi connectivity index (χ4v) is 4.14. The molecular weight excluding hydrogens is 666 g/mol. The van der Waals surface area contributed by atoms with Crippen molar-refractivity contribution in [3.8, 4) is 23.2 Å². The molecule has 0 aliphatic heterocycles. The van der Waals surface area contributed by atoms with Gasteiger partial charge in [-0.15, -0.1) is 23.4 Å². The van der Waals surface area contributed by atoms with Gasteiger partial charge in [-0.05, 0) is 46.1 Å². The summed E-state index contributed by atoms with van der Waals surface area (Å²) in [4.78, 5) is 28.5. The average Bonchev–Trinajstić information content (AvgIpc) is 3.46. The molecule has 0 fully saturated rings. The molecule has 2 amide bonds. The Labute approximate surface area is 277 Å². The molecule has 0 saturated carbocycles. The average molecular weight is 701 g/mol. The van der Waals surface area contributed by atoms with E-state index in [1.165, 1.54) is 52.0 Å². The number of nitrogens with zero attached hydrogens (tertiary/aromatic N) is 3. The second-order valence-corrected chi connectivity index (χ2v) is 11.5. The van der Waals surface area contributed by atoms with Gasteiger partial charge < -0.3 is 23.4 Å². The van der Waals surface area contributed by atoms with Crippen molar-refractivity contribution in [2.45, 2.75) is 83.2 Å². The monoisotopic (exact) mass is 700 g/mol. The number of hydrogen-bond acceptors (Lipinski definition) is 10. The number of nitrogens with one attached hydrogen (secondary N) is 1. The van der Waals surface area contributed by atoms with Crippen LogP contribution in [0.1, 0.15) is 64.0 Å². The van der Waals surface area contributed by atoms with Gasteiger partial charge in [0.2, 0.25) is 11.5 Å². The normalized spacial score (nSPS) is 13.9. The van der Waals surface area contributed by atoms with Crippen molar-refractivity contribution in [2.75, 3.05) is 0 Å². The number of ether oxygens (including phenoxy) is 4. The van der Waals surface area contributed by atoms with Crippen molar-refractivity contribution in [3.63, 3.8) is 0 Å². The van der Waals surface area contributed by atoms with Crippen LogP contribution in [0.2, 0.25) is 0 Å². The summed E-state index contributed by atoms with van der Waals surface area (Å²) in [5.41, 5.74) is -6.27. The zero-order valence-corrected chi connectivity index (χ0v) is 26.9. The molecule has 17 heteroatoms. The van der Waals surface area contributed by atoms with E-state index in [0.29, 0.717) is 5.56 Å². The second-order valence-electron chi connectivity index (χ2n) is 11.5. The molecule has 3 aromatic rings. The molecule has 0 bridgehead atoms. The van der Waals surface area contributed by atoms with E-state index in [2.05, 4.69) is 28.3 Å². The van der Waals surface area contributed by atoms with E-state index < -0.39 is 89.5 Å². The van der Waals surface area contributed by atoms with Gasteiger partial charge in [-0.3, -0.25) is 0 Å². The summed E-state index contributed by atoms with van der Waals surface area (Å²) in [5, 5.41) is 8.84. The molecule has 0 saturated heterocycles. The van der Waals surface area contributed by atoms with E-state index in [-0.39, 0.29) is 18.9 Å². The SMILES string of the molecule is C=CCCC(OCc1ccccc1)(c1nnc(-c2nc(OC(C)CC=C)c(C(F)(F)F)cc2OC(=O)NC(=O)OC(C)(C)C)o1)C(F)(F)F. The maximum Gasteiger partial charge on any atom is 0.426 e. The van der Waals surface area contributed by atoms with E-state index in [9.17, 15) is 35.9 Å². The lowest BCUT2D eigenvalue weighted by molar-refractivity contribution is -0.299. The maximum atomic E-state index is 14.9. The van der Waals surface area contributed by atoms with Gasteiger partial charge in [0, 0.05) is 12.5 Å². The molecule has 0 aliphatic carbocycles. The number of halogens is 6. The number of pyridine rings is 1. The highest BCUT2D eigenvalue weighted by atomic mass is 19.4. The predicted molar refractivity (Wildman–Crippen MR) is 161 cm³/mol. The Morgan fingerprint density at radius 1 is 1.00 bits per heavy atom. The predicted octanol–water partition coefficient (Wildman–Crippen LogP) is 8.46. The van der Waals surface area contributed by atoms with E-state index in [4.69, 9.17) is 23.4 Å². The summed E-state index contributed by atoms with van der Waals surface area (Å²) in [7, 11) is 0. The van der Waals surface area contributed by atoms with Crippen molar-refractivity contribution >= 4 is 12.2 Å². The first-order valence-electron chi connectivity index (χ1n) is 14.6. The smallest absolute Gasteiger partial charge is 0.426 e. The van der Waals surface area contributed by atoms with E-state index in [0.717, 1.165) is 0 Å². The summed E-state index contributed by atoms with van der Waals surface area (Å²) >= 11 is 0. The van der Waals surface area contributed by atoms with Crippen LogP contribution in [0, 0.1) is 0 Å². The van der Waals surface area contributed by atoms with Crippen LogP contribution in [0.4, 0.5) is 35.9 Å². The topological polar surface area (TPSA) is 135 Å². The van der Waals surface area contributed by atoms with Gasteiger partial charge in [-0.25, -0.2) is 19.9 Å². The lowest BCUT2D eigenvalue weighted by Gasteiger charge is -2.32. The summed E-state index contributed by atoms with van der Waals surface area (Å²) in [6.07, 6.45) is -12.5. The minimum Gasteiger partial charge on any atom is -0.474 e. The van der Waals surface area contributed by atoms with Gasteiger partial charge >= 0.3 is 24.5 Å². The standard InChI is InChI=1S/C32H34F6N4O7/c1-7-9-16-30(32(36,37)38,45-18-20-14-11-10-12-15-20)26-42-41-25(48-26)23-22(47-27(43)40-28(44)49-29(4,5)6)17-21(31(33,34)35)24(39-23)46-19(3)13-8-2/h7-8,10-12,14-15,17,19H,1-2,9,13,16,18H2,3-6H3,(H,40,43,44). The molecule has 49 heavy (non-hydrogen) atoms. The molecule has 1 N–H and O–H groups in total. The molecule has 0 spiro atoms. The number of allylic oxidation sites excluding steroid dienone is 1. The van der Waals surface area contributed by atoms with Crippen molar-refractivity contribution < 1.29 is 59.3 Å². The van der Waals surface area contributed by atoms with Crippen LogP contribution < -0.4 is 14.8 Å². The number of alkyl halides is 6. The van der Waals surface area contributed by atoms with Crippen LogP contribution in [-0.2, 0) is 27.9 Å². The molecule has 0 aliphatic rings. The molecule has 3 rings (SSSR count). The Morgan fingerprint density at radius 3 is 2.24 bits per heavy atom. The zero-order valence-electron chi connectivity index (χ0n) is 26.9. The highest BCUT2D eigenvalue weighted by molar-refractivity contribution is 5.89. The number of alkyl carbamates (subject to hydrolysis) is 1. The Balaban J connectivity index is 2.20. The third-order valence-corrected chi connectivity index (χ3v) is 6.33. The van der Waals surface area contributed by atoms with E-state index in [1.807, 2.05) is 0 Å². The molecular formula is C32H34F6N4O7. The fraction of sp³-hybridized carbons (Fsp3) is 0.406. The largest absolute Gasteiger partial charge is 0.474 e. The first-order valence-corrected chi connectivity index (χ1v) is 14.6. The number of carbonyl (C=O) groups excluding carboxylic acids is 2. The van der Waals surface area contributed by atoms with Gasteiger partial charge in [0.15, 0.2) is 11.4 Å². The molecule has 1 aromatic carbocycles. The van der Waals surface area contributed by atoms with Crippen molar-refractivity contribution in [1.82, 2.24) is 20.5 Å². The summed E-state index contributed by atoms with van der Waals surface area (Å²) in [5.74, 6) is -4.10. The number of carbonyl (C=O) groups is 2. The van der Waals surface area contributed by atoms with Crippen LogP contribution >= 0.6 is 0 Å². The molecule has 2 aromatic heterocycles. The number of hydrogen-bond donors (Lipinski definition) is 1. The van der Waals surface area contributed by atoms with Crippen LogP contribution in [0.25, 0.3) is 11.6 Å². The molecule has 2 unspecified atom stereocenters. The molecule has 11 nitrogen and oxygen atoms in total. The molecule has 2 heterocycles. The molecule has 2 atom stereocenters. The quantitative estimate of drug-likeness (QED) is 0.137. The second kappa shape index (κ2) is 15.5. The third kappa shape index (κ3) is 10.3. The van der Waals surface area contributed by atoms with Crippen LogP contribution in [0.5, 0.6) is 11.6 Å². The maximum absolute atomic E-state index is 14.9. The zero-order chi connectivity index (χ0) is 36.6. The van der Waals surface area contributed by atoms with Crippen molar-refractivity contribution in [2.24, 2.45) is 0 Å². The lowest BCUT2D eigenvalue weighted by Crippen LogP contribution is -2.45. The van der Waals surface area contributed by atoms with Gasteiger partial charge in [-0.2, -0.15) is 26.3 Å². The van der Waals surface area contributed by atoms with E-state index >= 15 is 0 Å². The minimum atomic E-state index is -5.16. The number of benzene rings is 1. The van der Waals surface area contributed by atoms with Crippen LogP contribution in [0.15, 0.2) is 66.1 Å². The molecule has 266 valence electrons. The lowest BCUT2D eigenvalue weighted by atomic mass is 9.96. The first kappa shape index (κ1) is 38.5. The van der Waals surface area contributed by atoms with Gasteiger partial charge in [0.05, 0.1) is 6.61 Å². The highest BCUT2D eigenvalue weighted by Gasteiger charge is 2.61. The number of imide groups is 1. The Morgan fingerprint density at radius 2 is 1.67 bits per heavy atom. The Bertz CT molecular complexity index is 1620. The summed E-state index contributed by atoms with van der Waals surface area (Å²) in [6.45, 7) is 12.3. The number of amides is 2. The first-order chi connectivity index (χ1) is 22.8. The number of aromatic nitrogens is 3. The Hall–Kier alpha value is -4.93. The Kier molecular flexibility index (Phi) is 12.2. The van der Waals surface area contributed by atoms with Gasteiger partial charge in [0.25, 0.3) is 11.8 Å². The third-order valence-electron chi connectivity index (χ3n) is 6.33. The molecule has 0 radical (unpaired) electrons. The van der Waals surface area contributed by atoms with Crippen LogP contribution in [0.3, 0.4) is 0 Å². The summed E-state index contributed by atoms with van der Waals surface area (Å²) < 4.78 is 113. The minimum absolute atomic E-state index is 0.0751. The fourth-order valence-electron chi connectivity index (χ4n) is 4.14.